The number of hydrogen-bond donors (Lipinski definition) is 1. The van der Waals surface area contributed by atoms with Crippen molar-refractivity contribution in [1.82, 2.24) is 0 Å². The van der Waals surface area contributed by atoms with Gasteiger partial charge in [-0.1, -0.05) is 91.0 Å². The summed E-state index contributed by atoms with van der Waals surface area (Å²) in [5.41, 5.74) is 3.42. The van der Waals surface area contributed by atoms with E-state index in [2.05, 4.69) is 96.3 Å². The zero-order valence-corrected chi connectivity index (χ0v) is 14.6. The maximum Gasteiger partial charge on any atom is 0.173 e. The molecule has 0 radical (unpaired) electrons. The molecule has 0 unspecified atom stereocenters. The molecule has 3 aromatic carbocycles. The average Bonchev–Trinajstić information content (AvgIpc) is 3.25. The summed E-state index contributed by atoms with van der Waals surface area (Å²) in [6.45, 7) is 0.756. The first-order valence-electron chi connectivity index (χ1n) is 8.93. The molecule has 2 N–H and O–H groups in total. The highest BCUT2D eigenvalue weighted by molar-refractivity contribution is 5.46. The highest BCUT2D eigenvalue weighted by Gasteiger charge is 2.40. The number of quaternary nitrogens is 1. The molecule has 0 fully saturated rings. The molecule has 2 nitrogen and oxygen atoms in total. The van der Waals surface area contributed by atoms with Crippen LogP contribution >= 0.6 is 0 Å². The normalized spacial score (nSPS) is 11.4. The van der Waals surface area contributed by atoms with Crippen LogP contribution in [0.15, 0.2) is 114 Å². The highest BCUT2D eigenvalue weighted by Crippen LogP contribution is 2.33. The molecule has 0 aliphatic carbocycles. The Morgan fingerprint density at radius 1 is 0.577 bits per heavy atom. The quantitative estimate of drug-likeness (QED) is 0.520. The predicted octanol–water partition coefficient (Wildman–Crippen LogP) is 4.34. The molecule has 0 atom stereocenters. The third kappa shape index (κ3) is 3.07. The maximum absolute atomic E-state index is 5.61. The first-order valence-corrected chi connectivity index (χ1v) is 8.93. The average molecular weight is 340 g/mol. The van der Waals surface area contributed by atoms with E-state index in [4.69, 9.17) is 4.42 Å². The maximum atomic E-state index is 5.61. The largest absolute Gasteiger partial charge is 0.463 e. The van der Waals surface area contributed by atoms with Gasteiger partial charge in [0.25, 0.3) is 0 Å². The Labute approximate surface area is 154 Å². The van der Waals surface area contributed by atoms with Gasteiger partial charge in [-0.15, -0.1) is 0 Å². The molecule has 128 valence electrons. The Hall–Kier alpha value is -3.10. The second kappa shape index (κ2) is 7.42. The molecule has 0 saturated heterocycles. The van der Waals surface area contributed by atoms with E-state index in [0.29, 0.717) is 0 Å². The van der Waals surface area contributed by atoms with Gasteiger partial charge in [-0.2, -0.15) is 0 Å². The standard InChI is InChI=1S/C24H21NO/c1-4-11-20(12-5-1)24(21-13-6-2-7-14-21,22-15-8-3-9-16-22)25-19-23-17-10-18-26-23/h1-18,25H,19H2/p+1. The summed E-state index contributed by atoms with van der Waals surface area (Å²) in [6.07, 6.45) is 1.73. The number of nitrogens with two attached hydrogens (primary N) is 1. The van der Waals surface area contributed by atoms with Crippen LogP contribution in [0.2, 0.25) is 0 Å². The van der Waals surface area contributed by atoms with E-state index in [1.807, 2.05) is 12.1 Å². The van der Waals surface area contributed by atoms with Crippen molar-refractivity contribution in [1.29, 1.82) is 0 Å². The summed E-state index contributed by atoms with van der Waals surface area (Å²) in [5.74, 6) is 0.970. The van der Waals surface area contributed by atoms with Crippen LogP contribution in [0.25, 0.3) is 0 Å². The van der Waals surface area contributed by atoms with Crippen molar-refractivity contribution in [3.63, 3.8) is 0 Å². The van der Waals surface area contributed by atoms with Crippen LogP contribution in [0.5, 0.6) is 0 Å². The van der Waals surface area contributed by atoms with E-state index < -0.39 is 0 Å². The van der Waals surface area contributed by atoms with Gasteiger partial charge in [0.15, 0.2) is 11.3 Å². The lowest BCUT2D eigenvalue weighted by Gasteiger charge is -2.33. The van der Waals surface area contributed by atoms with Crippen molar-refractivity contribution in [2.45, 2.75) is 12.1 Å². The van der Waals surface area contributed by atoms with E-state index in [0.717, 1.165) is 12.3 Å². The lowest BCUT2D eigenvalue weighted by molar-refractivity contribution is -0.732. The van der Waals surface area contributed by atoms with Gasteiger partial charge in [0.2, 0.25) is 0 Å². The molecule has 0 aliphatic rings. The minimum atomic E-state index is -0.337. The predicted molar refractivity (Wildman–Crippen MR) is 104 cm³/mol. The molecule has 0 amide bonds. The lowest BCUT2D eigenvalue weighted by atomic mass is 9.77. The zero-order chi connectivity index (χ0) is 17.7. The fourth-order valence-corrected chi connectivity index (χ4v) is 3.64. The fourth-order valence-electron chi connectivity index (χ4n) is 3.64. The Morgan fingerprint density at radius 3 is 1.42 bits per heavy atom. The molecular formula is C24H22NO+. The SMILES string of the molecule is c1ccc(C([NH2+]Cc2ccco2)(c2ccccc2)c2ccccc2)cc1. The van der Waals surface area contributed by atoms with Crippen molar-refractivity contribution >= 4 is 0 Å². The van der Waals surface area contributed by atoms with E-state index in [1.54, 1.807) is 6.26 Å². The Balaban J connectivity index is 1.90. The van der Waals surface area contributed by atoms with E-state index in [1.165, 1.54) is 16.7 Å². The van der Waals surface area contributed by atoms with Crippen LogP contribution < -0.4 is 5.32 Å². The molecule has 0 saturated carbocycles. The highest BCUT2D eigenvalue weighted by atomic mass is 16.3. The molecule has 0 spiro atoms. The van der Waals surface area contributed by atoms with Crippen LogP contribution in [0, 0.1) is 0 Å². The van der Waals surface area contributed by atoms with Gasteiger partial charge in [-0.25, -0.2) is 0 Å². The fraction of sp³-hybridized carbons (Fsp3) is 0.0833. The molecule has 1 aromatic heterocycles. The summed E-state index contributed by atoms with van der Waals surface area (Å²) in [5, 5.41) is 2.37. The Kier molecular flexibility index (Phi) is 4.67. The lowest BCUT2D eigenvalue weighted by Crippen LogP contribution is -2.94. The van der Waals surface area contributed by atoms with Crippen molar-refractivity contribution < 1.29 is 9.73 Å². The second-order valence-corrected chi connectivity index (χ2v) is 6.39. The molecule has 0 aliphatic heterocycles. The Bertz CT molecular complexity index is 819. The van der Waals surface area contributed by atoms with Gasteiger partial charge < -0.3 is 9.73 Å². The van der Waals surface area contributed by atoms with Crippen LogP contribution in [0.1, 0.15) is 22.5 Å². The number of furan rings is 1. The molecule has 0 bridgehead atoms. The minimum absolute atomic E-state index is 0.337. The Morgan fingerprint density at radius 2 is 1.04 bits per heavy atom. The summed E-state index contributed by atoms with van der Waals surface area (Å²) in [7, 11) is 0. The number of rotatable bonds is 6. The molecule has 26 heavy (non-hydrogen) atoms. The topological polar surface area (TPSA) is 29.8 Å². The molecule has 4 aromatic rings. The minimum Gasteiger partial charge on any atom is -0.463 e. The van der Waals surface area contributed by atoms with Gasteiger partial charge in [0.05, 0.1) is 6.26 Å². The summed E-state index contributed by atoms with van der Waals surface area (Å²) in [4.78, 5) is 0. The molecule has 4 rings (SSSR count). The van der Waals surface area contributed by atoms with Crippen molar-refractivity contribution in [2.24, 2.45) is 0 Å². The number of hydrogen-bond acceptors (Lipinski definition) is 1. The van der Waals surface area contributed by atoms with Crippen LogP contribution in [-0.4, -0.2) is 0 Å². The third-order valence-corrected chi connectivity index (χ3v) is 4.88. The summed E-state index contributed by atoms with van der Waals surface area (Å²) < 4.78 is 5.61. The smallest absolute Gasteiger partial charge is 0.173 e. The number of benzene rings is 3. The summed E-state index contributed by atoms with van der Waals surface area (Å²) in [6, 6.07) is 36.1. The monoisotopic (exact) mass is 340 g/mol. The third-order valence-electron chi connectivity index (χ3n) is 4.88. The first-order chi connectivity index (χ1) is 12.9. The van der Waals surface area contributed by atoms with E-state index >= 15 is 0 Å². The van der Waals surface area contributed by atoms with Gasteiger partial charge in [-0.05, 0) is 12.1 Å². The van der Waals surface area contributed by atoms with E-state index in [-0.39, 0.29) is 5.54 Å². The van der Waals surface area contributed by atoms with Crippen molar-refractivity contribution in [2.75, 3.05) is 0 Å². The van der Waals surface area contributed by atoms with Crippen LogP contribution in [-0.2, 0) is 12.1 Å². The van der Waals surface area contributed by atoms with Crippen LogP contribution in [0.4, 0.5) is 0 Å². The summed E-state index contributed by atoms with van der Waals surface area (Å²) >= 11 is 0. The molecule has 2 heteroatoms. The first kappa shape index (κ1) is 16.4. The second-order valence-electron chi connectivity index (χ2n) is 6.39. The molecule has 1 heterocycles. The van der Waals surface area contributed by atoms with Gasteiger partial charge in [-0.3, -0.25) is 0 Å². The van der Waals surface area contributed by atoms with Gasteiger partial charge >= 0.3 is 0 Å². The van der Waals surface area contributed by atoms with Gasteiger partial charge in [0.1, 0.15) is 6.54 Å². The van der Waals surface area contributed by atoms with E-state index in [9.17, 15) is 0 Å². The van der Waals surface area contributed by atoms with Crippen molar-refractivity contribution in [3.8, 4) is 0 Å². The van der Waals surface area contributed by atoms with Crippen molar-refractivity contribution in [3.05, 3.63) is 132 Å². The van der Waals surface area contributed by atoms with Crippen LogP contribution in [0.3, 0.4) is 0 Å². The zero-order valence-electron chi connectivity index (χ0n) is 14.6. The van der Waals surface area contributed by atoms with Gasteiger partial charge in [0, 0.05) is 16.7 Å². The molecular weight excluding hydrogens is 318 g/mol.